The van der Waals surface area contributed by atoms with Crippen LogP contribution < -0.4 is 5.32 Å². The Labute approximate surface area is 120 Å². The molecule has 1 rings (SSSR count). The number of nitrogens with zero attached hydrogens (tertiary/aromatic N) is 1. The number of aliphatic hydroxyl groups excluding tert-OH is 1. The van der Waals surface area contributed by atoms with Crippen LogP contribution in [0.4, 0.5) is 18.0 Å². The molecule has 0 saturated heterocycles. The highest BCUT2D eigenvalue weighted by Gasteiger charge is 2.33. The Morgan fingerprint density at radius 3 is 2.43 bits per heavy atom. The van der Waals surface area contributed by atoms with Crippen molar-refractivity contribution in [3.8, 4) is 0 Å². The standard InChI is InChI=1S/C13H17F3N2O3/c1-12(2,3)21-11(20)17-6-8-4-9(7-19)18-10(5-8)13(14,15)16/h4-5,19H,6-7H2,1-3H3,(H,17,20). The summed E-state index contributed by atoms with van der Waals surface area (Å²) in [5.41, 5.74) is -1.76. The Morgan fingerprint density at radius 2 is 1.95 bits per heavy atom. The van der Waals surface area contributed by atoms with E-state index in [1.54, 1.807) is 20.8 Å². The molecule has 0 unspecified atom stereocenters. The Hall–Kier alpha value is -1.83. The third-order valence-electron chi connectivity index (χ3n) is 2.23. The average Bonchev–Trinajstić information content (AvgIpc) is 2.33. The molecule has 0 spiro atoms. The van der Waals surface area contributed by atoms with Gasteiger partial charge in [-0.1, -0.05) is 0 Å². The zero-order chi connectivity index (χ0) is 16.3. The van der Waals surface area contributed by atoms with Crippen molar-refractivity contribution in [2.24, 2.45) is 0 Å². The van der Waals surface area contributed by atoms with Crippen molar-refractivity contribution in [2.75, 3.05) is 0 Å². The predicted molar refractivity (Wildman–Crippen MR) is 68.2 cm³/mol. The molecular weight excluding hydrogens is 289 g/mol. The average molecular weight is 306 g/mol. The number of nitrogens with one attached hydrogen (secondary N) is 1. The third kappa shape index (κ3) is 5.99. The van der Waals surface area contributed by atoms with Gasteiger partial charge in [0.2, 0.25) is 0 Å². The summed E-state index contributed by atoms with van der Waals surface area (Å²) in [6.07, 6.45) is -5.36. The lowest BCUT2D eigenvalue weighted by Crippen LogP contribution is -2.32. The summed E-state index contributed by atoms with van der Waals surface area (Å²) in [5.74, 6) is 0. The highest BCUT2D eigenvalue weighted by Crippen LogP contribution is 2.28. The molecule has 0 bridgehead atoms. The van der Waals surface area contributed by atoms with Gasteiger partial charge >= 0.3 is 12.3 Å². The molecule has 118 valence electrons. The minimum Gasteiger partial charge on any atom is -0.444 e. The fourth-order valence-electron chi connectivity index (χ4n) is 1.47. The van der Waals surface area contributed by atoms with Gasteiger partial charge in [-0.2, -0.15) is 13.2 Å². The molecule has 8 heteroatoms. The SMILES string of the molecule is CC(C)(C)OC(=O)NCc1cc(CO)nc(C(F)(F)F)c1. The highest BCUT2D eigenvalue weighted by atomic mass is 19.4. The first kappa shape index (κ1) is 17.2. The molecule has 0 atom stereocenters. The molecule has 1 amide bonds. The van der Waals surface area contributed by atoms with E-state index >= 15 is 0 Å². The maximum Gasteiger partial charge on any atom is 0.433 e. The van der Waals surface area contributed by atoms with E-state index < -0.39 is 30.2 Å². The van der Waals surface area contributed by atoms with Crippen LogP contribution >= 0.6 is 0 Å². The fourth-order valence-corrected chi connectivity index (χ4v) is 1.47. The third-order valence-corrected chi connectivity index (χ3v) is 2.23. The van der Waals surface area contributed by atoms with Crippen LogP contribution in [0, 0.1) is 0 Å². The van der Waals surface area contributed by atoms with Gasteiger partial charge in [-0.15, -0.1) is 0 Å². The maximum absolute atomic E-state index is 12.6. The van der Waals surface area contributed by atoms with Crippen LogP contribution in [0.5, 0.6) is 0 Å². The summed E-state index contributed by atoms with van der Waals surface area (Å²) in [6, 6.07) is 2.10. The minimum absolute atomic E-state index is 0.120. The van der Waals surface area contributed by atoms with Gasteiger partial charge in [0.15, 0.2) is 0 Å². The van der Waals surface area contributed by atoms with E-state index in [2.05, 4.69) is 10.3 Å². The first-order chi connectivity index (χ1) is 9.51. The first-order valence-corrected chi connectivity index (χ1v) is 6.16. The van der Waals surface area contributed by atoms with Crippen LogP contribution in [-0.2, 0) is 24.1 Å². The van der Waals surface area contributed by atoms with Gasteiger partial charge in [-0.25, -0.2) is 9.78 Å². The molecule has 0 saturated carbocycles. The lowest BCUT2D eigenvalue weighted by atomic mass is 10.2. The number of carbonyl (C=O) groups excluding carboxylic acids is 1. The molecule has 1 aromatic heterocycles. The van der Waals surface area contributed by atoms with Crippen LogP contribution in [-0.4, -0.2) is 21.8 Å². The van der Waals surface area contributed by atoms with Crippen LogP contribution in [0.1, 0.15) is 37.7 Å². The summed E-state index contributed by atoms with van der Waals surface area (Å²) in [5, 5.41) is 11.3. The van der Waals surface area contributed by atoms with Crippen LogP contribution in [0.25, 0.3) is 0 Å². The second-order valence-corrected chi connectivity index (χ2v) is 5.36. The summed E-state index contributed by atoms with van der Waals surface area (Å²) in [7, 11) is 0. The molecule has 0 aromatic carbocycles. The van der Waals surface area contributed by atoms with Crippen LogP contribution in [0.15, 0.2) is 12.1 Å². The van der Waals surface area contributed by atoms with Gasteiger partial charge in [0, 0.05) is 6.54 Å². The Bertz CT molecular complexity index is 510. The zero-order valence-corrected chi connectivity index (χ0v) is 11.9. The lowest BCUT2D eigenvalue weighted by molar-refractivity contribution is -0.141. The van der Waals surface area contributed by atoms with Crippen molar-refractivity contribution in [2.45, 2.75) is 45.7 Å². The largest absolute Gasteiger partial charge is 0.444 e. The van der Waals surface area contributed by atoms with Gasteiger partial charge in [-0.05, 0) is 38.5 Å². The van der Waals surface area contributed by atoms with Crippen molar-refractivity contribution in [1.29, 1.82) is 0 Å². The number of rotatable bonds is 3. The molecule has 1 aromatic rings. The molecule has 0 radical (unpaired) electrons. The van der Waals surface area contributed by atoms with Gasteiger partial charge in [0.1, 0.15) is 11.3 Å². The smallest absolute Gasteiger partial charge is 0.433 e. The normalized spacial score (nSPS) is 12.1. The summed E-state index contributed by atoms with van der Waals surface area (Å²) in [6.45, 7) is 4.23. The first-order valence-electron chi connectivity index (χ1n) is 6.16. The summed E-state index contributed by atoms with van der Waals surface area (Å²) >= 11 is 0. The second-order valence-electron chi connectivity index (χ2n) is 5.36. The molecule has 1 heterocycles. The molecule has 2 N–H and O–H groups in total. The van der Waals surface area contributed by atoms with E-state index in [9.17, 15) is 18.0 Å². The lowest BCUT2D eigenvalue weighted by Gasteiger charge is -2.19. The Morgan fingerprint density at radius 1 is 1.33 bits per heavy atom. The second kappa shape index (κ2) is 6.30. The maximum atomic E-state index is 12.6. The van der Waals surface area contributed by atoms with E-state index in [0.717, 1.165) is 6.07 Å². The highest BCUT2D eigenvalue weighted by molar-refractivity contribution is 5.67. The molecule has 0 aliphatic carbocycles. The van der Waals surface area contributed by atoms with E-state index in [1.165, 1.54) is 6.07 Å². The monoisotopic (exact) mass is 306 g/mol. The number of amides is 1. The summed E-state index contributed by atoms with van der Waals surface area (Å²) in [4.78, 5) is 14.7. The predicted octanol–water partition coefficient (Wildman–Crippen LogP) is 2.62. The number of alkyl carbamates (subject to hydrolysis) is 1. The fraction of sp³-hybridized carbons (Fsp3) is 0.538. The molecule has 0 fully saturated rings. The number of aromatic nitrogens is 1. The Balaban J connectivity index is 2.82. The van der Waals surface area contributed by atoms with E-state index in [0.29, 0.717) is 0 Å². The van der Waals surface area contributed by atoms with Crippen molar-refractivity contribution in [3.63, 3.8) is 0 Å². The van der Waals surface area contributed by atoms with Crippen LogP contribution in [0.3, 0.4) is 0 Å². The van der Waals surface area contributed by atoms with Crippen LogP contribution in [0.2, 0.25) is 0 Å². The van der Waals surface area contributed by atoms with Crippen molar-refractivity contribution in [3.05, 3.63) is 29.1 Å². The quantitative estimate of drug-likeness (QED) is 0.900. The number of carbonyl (C=O) groups is 1. The number of alkyl halides is 3. The van der Waals surface area contributed by atoms with Crippen molar-refractivity contribution in [1.82, 2.24) is 10.3 Å². The molecule has 5 nitrogen and oxygen atoms in total. The Kier molecular flexibility index (Phi) is 5.16. The molecule has 0 aliphatic heterocycles. The number of ether oxygens (including phenoxy) is 1. The van der Waals surface area contributed by atoms with E-state index in [1.807, 2.05) is 0 Å². The van der Waals surface area contributed by atoms with Crippen molar-refractivity contribution < 1.29 is 27.8 Å². The van der Waals surface area contributed by atoms with Gasteiger partial charge in [0.05, 0.1) is 12.3 Å². The number of halogens is 3. The molecule has 21 heavy (non-hydrogen) atoms. The van der Waals surface area contributed by atoms with E-state index in [4.69, 9.17) is 9.84 Å². The topological polar surface area (TPSA) is 71.5 Å². The number of hydrogen-bond donors (Lipinski definition) is 2. The molecular formula is C13H17F3N2O3. The molecule has 0 aliphatic rings. The number of pyridine rings is 1. The number of aliphatic hydroxyl groups is 1. The van der Waals surface area contributed by atoms with Crippen molar-refractivity contribution >= 4 is 6.09 Å². The van der Waals surface area contributed by atoms with Gasteiger partial charge < -0.3 is 15.2 Å². The minimum atomic E-state index is -4.62. The van der Waals surface area contributed by atoms with Gasteiger partial charge in [-0.3, -0.25) is 0 Å². The zero-order valence-electron chi connectivity index (χ0n) is 11.9. The van der Waals surface area contributed by atoms with Gasteiger partial charge in [0.25, 0.3) is 0 Å². The summed E-state index contributed by atoms with van der Waals surface area (Å²) < 4.78 is 42.9. The number of hydrogen-bond acceptors (Lipinski definition) is 4. The van der Waals surface area contributed by atoms with E-state index in [-0.39, 0.29) is 17.8 Å².